The molecule has 0 bridgehead atoms. The normalized spacial score (nSPS) is 15.7. The Morgan fingerprint density at radius 2 is 2.00 bits per heavy atom. The van der Waals surface area contributed by atoms with Gasteiger partial charge in [0.25, 0.3) is 0 Å². The van der Waals surface area contributed by atoms with Crippen molar-refractivity contribution in [1.29, 1.82) is 0 Å². The monoisotopic (exact) mass is 187 g/mol. The Kier molecular flexibility index (Phi) is 8.46. The number of unbranched alkanes of at least 4 members (excludes halogenated alkanes) is 1. The summed E-state index contributed by atoms with van der Waals surface area (Å²) in [6.45, 7) is 8.63. The third-order valence-electron chi connectivity index (χ3n) is 2.26. The molecule has 2 heteroatoms. The topological polar surface area (TPSA) is 21.3 Å². The highest BCUT2D eigenvalue weighted by Crippen LogP contribution is 2.00. The molecular formula is C11H25NO. The number of methoxy groups -OCH3 is 1. The van der Waals surface area contributed by atoms with E-state index in [0.29, 0.717) is 12.0 Å². The highest BCUT2D eigenvalue weighted by Gasteiger charge is 2.04. The highest BCUT2D eigenvalue weighted by molar-refractivity contribution is 4.63. The van der Waals surface area contributed by atoms with E-state index < -0.39 is 0 Å². The number of ether oxygens (including phenoxy) is 1. The number of rotatable bonds is 8. The van der Waals surface area contributed by atoms with Crippen LogP contribution in [0, 0.1) is 5.92 Å². The van der Waals surface area contributed by atoms with Crippen LogP contribution < -0.4 is 5.32 Å². The summed E-state index contributed by atoms with van der Waals surface area (Å²) < 4.78 is 5.08. The van der Waals surface area contributed by atoms with Crippen molar-refractivity contribution in [1.82, 2.24) is 5.32 Å². The Balaban J connectivity index is 3.29. The van der Waals surface area contributed by atoms with E-state index in [2.05, 4.69) is 26.1 Å². The van der Waals surface area contributed by atoms with Gasteiger partial charge in [-0.2, -0.15) is 0 Å². The average molecular weight is 187 g/mol. The summed E-state index contributed by atoms with van der Waals surface area (Å²) in [4.78, 5) is 0. The first-order valence-corrected chi connectivity index (χ1v) is 5.43. The van der Waals surface area contributed by atoms with Gasteiger partial charge in [0.05, 0.1) is 0 Å². The van der Waals surface area contributed by atoms with E-state index in [1.807, 2.05) is 0 Å². The largest absolute Gasteiger partial charge is 0.384 e. The molecular weight excluding hydrogens is 162 g/mol. The van der Waals surface area contributed by atoms with Gasteiger partial charge in [-0.05, 0) is 19.3 Å². The van der Waals surface area contributed by atoms with Crippen LogP contribution in [0.3, 0.4) is 0 Å². The average Bonchev–Trinajstić information content (AvgIpc) is 2.12. The van der Waals surface area contributed by atoms with Crippen LogP contribution in [0.15, 0.2) is 0 Å². The summed E-state index contributed by atoms with van der Waals surface area (Å²) in [5, 5.41) is 3.52. The van der Waals surface area contributed by atoms with Crippen LogP contribution in [0.1, 0.15) is 40.0 Å². The van der Waals surface area contributed by atoms with Gasteiger partial charge in [0.2, 0.25) is 0 Å². The molecule has 0 radical (unpaired) electrons. The summed E-state index contributed by atoms with van der Waals surface area (Å²) in [6, 6.07) is 0.652. The fourth-order valence-corrected chi connectivity index (χ4v) is 1.36. The second kappa shape index (κ2) is 8.52. The van der Waals surface area contributed by atoms with Gasteiger partial charge in [0.15, 0.2) is 0 Å². The summed E-state index contributed by atoms with van der Waals surface area (Å²) in [6.07, 6.45) is 3.91. The first kappa shape index (κ1) is 12.9. The van der Waals surface area contributed by atoms with Crippen LogP contribution >= 0.6 is 0 Å². The molecule has 0 aliphatic carbocycles. The summed E-state index contributed by atoms with van der Waals surface area (Å²) >= 11 is 0. The van der Waals surface area contributed by atoms with Crippen molar-refractivity contribution < 1.29 is 4.74 Å². The molecule has 0 saturated carbocycles. The van der Waals surface area contributed by atoms with Gasteiger partial charge in [-0.1, -0.05) is 26.7 Å². The van der Waals surface area contributed by atoms with Gasteiger partial charge < -0.3 is 10.1 Å². The van der Waals surface area contributed by atoms with Gasteiger partial charge in [-0.15, -0.1) is 0 Å². The van der Waals surface area contributed by atoms with Crippen molar-refractivity contribution in [3.8, 4) is 0 Å². The van der Waals surface area contributed by atoms with Crippen molar-refractivity contribution in [3.05, 3.63) is 0 Å². The number of hydrogen-bond acceptors (Lipinski definition) is 2. The summed E-state index contributed by atoms with van der Waals surface area (Å²) in [5.41, 5.74) is 0. The third kappa shape index (κ3) is 8.26. The minimum Gasteiger partial charge on any atom is -0.384 e. The molecule has 0 saturated heterocycles. The van der Waals surface area contributed by atoms with Crippen molar-refractivity contribution >= 4 is 0 Å². The summed E-state index contributed by atoms with van der Waals surface area (Å²) in [5.74, 6) is 0.620. The van der Waals surface area contributed by atoms with Gasteiger partial charge in [-0.25, -0.2) is 0 Å². The molecule has 80 valence electrons. The minimum atomic E-state index is 0.620. The molecule has 1 N–H and O–H groups in total. The zero-order chi connectivity index (χ0) is 10.1. The highest BCUT2D eigenvalue weighted by atomic mass is 16.5. The lowest BCUT2D eigenvalue weighted by Gasteiger charge is -2.16. The number of nitrogens with one attached hydrogen (secondary N) is 1. The van der Waals surface area contributed by atoms with Crippen LogP contribution in [0.2, 0.25) is 0 Å². The maximum Gasteiger partial charge on any atom is 0.0499 e. The van der Waals surface area contributed by atoms with E-state index in [1.54, 1.807) is 7.11 Å². The molecule has 0 aliphatic rings. The van der Waals surface area contributed by atoms with Crippen molar-refractivity contribution in [2.45, 2.75) is 46.1 Å². The Labute approximate surface area is 83.1 Å². The Bertz CT molecular complexity index is 106. The number of hydrogen-bond donors (Lipinski definition) is 1. The standard InChI is InChI=1S/C11H25NO/c1-5-6-7-11(3)12-8-10(2)9-13-4/h10-12H,5-9H2,1-4H3. The van der Waals surface area contributed by atoms with Crippen LogP contribution in [0.4, 0.5) is 0 Å². The molecule has 0 aromatic rings. The smallest absolute Gasteiger partial charge is 0.0499 e. The second-order valence-corrected chi connectivity index (χ2v) is 4.01. The van der Waals surface area contributed by atoms with Crippen LogP contribution in [-0.2, 0) is 4.74 Å². The molecule has 0 amide bonds. The maximum atomic E-state index is 5.08. The van der Waals surface area contributed by atoms with E-state index in [9.17, 15) is 0 Å². The molecule has 0 spiro atoms. The maximum absolute atomic E-state index is 5.08. The van der Waals surface area contributed by atoms with Gasteiger partial charge in [-0.3, -0.25) is 0 Å². The second-order valence-electron chi connectivity index (χ2n) is 4.01. The Hall–Kier alpha value is -0.0800. The van der Waals surface area contributed by atoms with Crippen molar-refractivity contribution in [2.24, 2.45) is 5.92 Å². The lowest BCUT2D eigenvalue weighted by atomic mass is 10.1. The molecule has 2 nitrogen and oxygen atoms in total. The fourth-order valence-electron chi connectivity index (χ4n) is 1.36. The first-order chi connectivity index (χ1) is 6.20. The molecule has 0 heterocycles. The van der Waals surface area contributed by atoms with Crippen LogP contribution in [0.25, 0.3) is 0 Å². The van der Waals surface area contributed by atoms with E-state index in [1.165, 1.54) is 19.3 Å². The molecule has 0 aromatic heterocycles. The molecule has 2 unspecified atom stereocenters. The van der Waals surface area contributed by atoms with E-state index in [4.69, 9.17) is 4.74 Å². The minimum absolute atomic E-state index is 0.620. The lowest BCUT2D eigenvalue weighted by molar-refractivity contribution is 0.157. The van der Waals surface area contributed by atoms with Gasteiger partial charge in [0, 0.05) is 26.3 Å². The summed E-state index contributed by atoms with van der Waals surface area (Å²) in [7, 11) is 1.76. The predicted octanol–water partition coefficient (Wildman–Crippen LogP) is 2.44. The predicted molar refractivity (Wildman–Crippen MR) is 58.0 cm³/mol. The van der Waals surface area contributed by atoms with E-state index in [0.717, 1.165) is 13.2 Å². The Morgan fingerprint density at radius 3 is 2.54 bits per heavy atom. The van der Waals surface area contributed by atoms with E-state index in [-0.39, 0.29) is 0 Å². The van der Waals surface area contributed by atoms with Crippen LogP contribution in [0.5, 0.6) is 0 Å². The molecule has 13 heavy (non-hydrogen) atoms. The third-order valence-corrected chi connectivity index (χ3v) is 2.26. The van der Waals surface area contributed by atoms with E-state index >= 15 is 0 Å². The van der Waals surface area contributed by atoms with Crippen molar-refractivity contribution in [3.63, 3.8) is 0 Å². The van der Waals surface area contributed by atoms with Gasteiger partial charge >= 0.3 is 0 Å². The first-order valence-electron chi connectivity index (χ1n) is 5.43. The SMILES string of the molecule is CCCCC(C)NCC(C)COC. The zero-order valence-electron chi connectivity index (χ0n) is 9.60. The molecule has 0 aliphatic heterocycles. The zero-order valence-corrected chi connectivity index (χ0v) is 9.60. The quantitative estimate of drug-likeness (QED) is 0.630. The molecule has 0 aromatic carbocycles. The molecule has 0 fully saturated rings. The lowest BCUT2D eigenvalue weighted by Crippen LogP contribution is -2.31. The fraction of sp³-hybridized carbons (Fsp3) is 1.00. The Morgan fingerprint density at radius 1 is 1.31 bits per heavy atom. The van der Waals surface area contributed by atoms with Crippen molar-refractivity contribution in [2.75, 3.05) is 20.3 Å². The molecule has 0 rings (SSSR count). The van der Waals surface area contributed by atoms with Crippen LogP contribution in [-0.4, -0.2) is 26.3 Å². The van der Waals surface area contributed by atoms with Gasteiger partial charge in [0.1, 0.15) is 0 Å². The molecule has 2 atom stereocenters.